The predicted octanol–water partition coefficient (Wildman–Crippen LogP) is 2.08. The van der Waals surface area contributed by atoms with Crippen LogP contribution in [0.2, 0.25) is 5.02 Å². The lowest BCUT2D eigenvalue weighted by Crippen LogP contribution is -2.43. The minimum Gasteiger partial charge on any atom is -0.452 e. The third-order valence-corrected chi connectivity index (χ3v) is 4.99. The normalized spacial score (nSPS) is 10.6. The summed E-state index contributed by atoms with van der Waals surface area (Å²) in [5.74, 6) is -1.91. The number of hydrogen-bond donors (Lipinski definition) is 2. The molecule has 0 saturated heterocycles. The second-order valence-electron chi connectivity index (χ2n) is 7.04. The molecule has 0 bridgehead atoms. The number of hydrogen-bond acceptors (Lipinski definition) is 8. The lowest BCUT2D eigenvalue weighted by Gasteiger charge is -2.24. The Hall–Kier alpha value is -3.67. The van der Waals surface area contributed by atoms with Crippen molar-refractivity contribution in [3.8, 4) is 0 Å². The lowest BCUT2D eigenvalue weighted by atomic mass is 10.2. The highest BCUT2D eigenvalue weighted by Gasteiger charge is 2.25. The van der Waals surface area contributed by atoms with E-state index in [1.807, 2.05) is 13.8 Å². The quantitative estimate of drug-likeness (QED) is 0.295. The number of esters is 1. The fraction of sp³-hybridized carbons (Fsp3) is 0.400. The molecule has 178 valence electrons. The van der Waals surface area contributed by atoms with Crippen molar-refractivity contribution >= 4 is 40.7 Å². The maximum Gasteiger partial charge on any atom is 0.338 e. The van der Waals surface area contributed by atoms with Gasteiger partial charge in [-0.2, -0.15) is 0 Å². The summed E-state index contributed by atoms with van der Waals surface area (Å²) in [6.07, 6.45) is 1.75. The van der Waals surface area contributed by atoms with Crippen LogP contribution in [0, 0.1) is 10.1 Å². The van der Waals surface area contributed by atoms with Crippen molar-refractivity contribution in [2.45, 2.75) is 39.7 Å². The number of halogens is 1. The van der Waals surface area contributed by atoms with E-state index in [-0.39, 0.29) is 35.2 Å². The van der Waals surface area contributed by atoms with Crippen LogP contribution in [-0.4, -0.2) is 39.5 Å². The molecule has 0 aliphatic rings. The summed E-state index contributed by atoms with van der Waals surface area (Å²) in [6.45, 7) is 3.26. The van der Waals surface area contributed by atoms with Gasteiger partial charge in [0.05, 0.1) is 10.5 Å². The molecule has 2 rings (SSSR count). The molecule has 0 aliphatic heterocycles. The van der Waals surface area contributed by atoms with Crippen molar-refractivity contribution in [3.05, 3.63) is 59.7 Å². The van der Waals surface area contributed by atoms with Crippen molar-refractivity contribution in [1.29, 1.82) is 0 Å². The van der Waals surface area contributed by atoms with Gasteiger partial charge in [0.15, 0.2) is 12.3 Å². The zero-order chi connectivity index (χ0) is 24.7. The van der Waals surface area contributed by atoms with Gasteiger partial charge in [-0.15, -0.1) is 0 Å². The van der Waals surface area contributed by atoms with Gasteiger partial charge in [-0.05, 0) is 25.0 Å². The van der Waals surface area contributed by atoms with Gasteiger partial charge >= 0.3 is 11.7 Å². The largest absolute Gasteiger partial charge is 0.452 e. The molecule has 33 heavy (non-hydrogen) atoms. The molecule has 0 unspecified atom stereocenters. The number of nitro benzene ring substituents is 1. The number of H-pyrrole nitrogens is 1. The van der Waals surface area contributed by atoms with Gasteiger partial charge in [0.25, 0.3) is 17.2 Å². The molecule has 0 aliphatic carbocycles. The molecule has 1 aromatic heterocycles. The molecule has 0 spiro atoms. The zero-order valence-corrected chi connectivity index (χ0v) is 18.9. The first-order chi connectivity index (χ1) is 15.6. The summed E-state index contributed by atoms with van der Waals surface area (Å²) >= 11 is 5.73. The van der Waals surface area contributed by atoms with Gasteiger partial charge < -0.3 is 15.4 Å². The third-order valence-electron chi connectivity index (χ3n) is 4.67. The molecule has 0 atom stereocenters. The Morgan fingerprint density at radius 2 is 1.97 bits per heavy atom. The predicted molar refractivity (Wildman–Crippen MR) is 122 cm³/mol. The minimum atomic E-state index is -0.989. The summed E-state index contributed by atoms with van der Waals surface area (Å²) in [6, 6.07) is 3.33. The SMILES string of the molecule is CCCCN(C(=O)COC(=O)c1ccc(Cl)c([N+](=O)[O-])c1)c1c(N)n(CCC)c(=O)[nH]c1=O. The van der Waals surface area contributed by atoms with E-state index in [9.17, 15) is 29.3 Å². The van der Waals surface area contributed by atoms with Gasteiger partial charge in [0.1, 0.15) is 10.8 Å². The standard InChI is InChI=1S/C20H24ClN5O7/c1-3-5-9-24(16-17(22)25(8-4-2)20(30)23-18(16)28)15(27)11-33-19(29)12-6-7-13(21)14(10-12)26(31)32/h6-7,10H,3-5,8-9,11,22H2,1-2H3,(H,23,28,30). The lowest BCUT2D eigenvalue weighted by molar-refractivity contribution is -0.384. The monoisotopic (exact) mass is 481 g/mol. The average molecular weight is 482 g/mol. The number of anilines is 2. The van der Waals surface area contributed by atoms with E-state index >= 15 is 0 Å². The van der Waals surface area contributed by atoms with Crippen LogP contribution in [0.25, 0.3) is 0 Å². The molecule has 0 saturated carbocycles. The van der Waals surface area contributed by atoms with E-state index in [1.165, 1.54) is 12.1 Å². The summed E-state index contributed by atoms with van der Waals surface area (Å²) in [4.78, 5) is 63.3. The number of unbranched alkanes of at least 4 members (excludes halogenated alkanes) is 1. The molecule has 13 heteroatoms. The Morgan fingerprint density at radius 3 is 2.58 bits per heavy atom. The minimum absolute atomic E-state index is 0.0942. The summed E-state index contributed by atoms with van der Waals surface area (Å²) in [5, 5.41) is 10.9. The molecule has 1 heterocycles. The average Bonchev–Trinajstić information content (AvgIpc) is 2.76. The summed E-state index contributed by atoms with van der Waals surface area (Å²) < 4.78 is 6.17. The number of nitrogens with one attached hydrogen (secondary N) is 1. The first-order valence-corrected chi connectivity index (χ1v) is 10.5. The fourth-order valence-electron chi connectivity index (χ4n) is 3.03. The smallest absolute Gasteiger partial charge is 0.338 e. The van der Waals surface area contributed by atoms with Crippen LogP contribution in [0.1, 0.15) is 43.5 Å². The number of ether oxygens (including phenoxy) is 1. The number of aromatic nitrogens is 2. The molecule has 1 aromatic carbocycles. The maximum atomic E-state index is 12.9. The Balaban J connectivity index is 2.31. The van der Waals surface area contributed by atoms with Crippen LogP contribution in [0.5, 0.6) is 0 Å². The van der Waals surface area contributed by atoms with Gasteiger partial charge in [0, 0.05) is 19.2 Å². The van der Waals surface area contributed by atoms with Crippen molar-refractivity contribution in [1.82, 2.24) is 9.55 Å². The number of rotatable bonds is 10. The third kappa shape index (κ3) is 5.98. The van der Waals surface area contributed by atoms with Gasteiger partial charge in [0.2, 0.25) is 0 Å². The van der Waals surface area contributed by atoms with Crippen molar-refractivity contribution in [2.24, 2.45) is 0 Å². The summed E-state index contributed by atoms with van der Waals surface area (Å²) in [7, 11) is 0. The maximum absolute atomic E-state index is 12.9. The van der Waals surface area contributed by atoms with Crippen LogP contribution in [0.15, 0.2) is 27.8 Å². The van der Waals surface area contributed by atoms with Crippen LogP contribution < -0.4 is 21.9 Å². The van der Waals surface area contributed by atoms with Crippen molar-refractivity contribution in [2.75, 3.05) is 23.8 Å². The second-order valence-corrected chi connectivity index (χ2v) is 7.45. The number of nitrogens with two attached hydrogens (primary N) is 1. The van der Waals surface area contributed by atoms with Crippen LogP contribution in [0.3, 0.4) is 0 Å². The molecule has 2 aromatic rings. The number of nitrogen functional groups attached to an aromatic ring is 1. The van der Waals surface area contributed by atoms with E-state index in [4.69, 9.17) is 22.1 Å². The van der Waals surface area contributed by atoms with Crippen LogP contribution >= 0.6 is 11.6 Å². The van der Waals surface area contributed by atoms with Crippen LogP contribution in [-0.2, 0) is 16.1 Å². The Bertz CT molecular complexity index is 1170. The van der Waals surface area contributed by atoms with E-state index in [0.717, 1.165) is 15.5 Å². The number of aromatic amines is 1. The molecular formula is C20H24ClN5O7. The number of amides is 1. The number of nitro groups is 1. The highest BCUT2D eigenvalue weighted by molar-refractivity contribution is 6.32. The molecule has 12 nitrogen and oxygen atoms in total. The molecule has 0 fully saturated rings. The fourth-order valence-corrected chi connectivity index (χ4v) is 3.22. The molecule has 3 N–H and O–H groups in total. The zero-order valence-electron chi connectivity index (χ0n) is 18.1. The number of carbonyl (C=O) groups excluding carboxylic acids is 2. The van der Waals surface area contributed by atoms with Gasteiger partial charge in [-0.1, -0.05) is 31.9 Å². The Kier molecular flexibility index (Phi) is 8.74. The molecule has 1 amide bonds. The van der Waals surface area contributed by atoms with E-state index < -0.39 is 40.3 Å². The first-order valence-electron chi connectivity index (χ1n) is 10.2. The Labute approximate surface area is 193 Å². The Morgan fingerprint density at radius 1 is 1.27 bits per heavy atom. The highest BCUT2D eigenvalue weighted by atomic mass is 35.5. The highest BCUT2D eigenvalue weighted by Crippen LogP contribution is 2.25. The van der Waals surface area contributed by atoms with Gasteiger partial charge in [-0.25, -0.2) is 9.59 Å². The number of nitrogens with zero attached hydrogens (tertiary/aromatic N) is 3. The second kappa shape index (κ2) is 11.3. The van der Waals surface area contributed by atoms with Gasteiger partial charge in [-0.3, -0.25) is 29.3 Å². The number of carbonyl (C=O) groups is 2. The van der Waals surface area contributed by atoms with E-state index in [2.05, 4.69) is 4.98 Å². The van der Waals surface area contributed by atoms with E-state index in [0.29, 0.717) is 19.3 Å². The number of benzene rings is 1. The molecular weight excluding hydrogens is 458 g/mol. The molecule has 0 radical (unpaired) electrons. The summed E-state index contributed by atoms with van der Waals surface area (Å²) in [5.41, 5.74) is 3.65. The van der Waals surface area contributed by atoms with E-state index in [1.54, 1.807) is 0 Å². The van der Waals surface area contributed by atoms with Crippen molar-refractivity contribution < 1.29 is 19.2 Å². The topological polar surface area (TPSA) is 171 Å². The van der Waals surface area contributed by atoms with Crippen LogP contribution in [0.4, 0.5) is 17.2 Å². The first kappa shape index (κ1) is 25.6. The van der Waals surface area contributed by atoms with Crippen molar-refractivity contribution in [3.63, 3.8) is 0 Å².